The SMILES string of the molecule is CC1(C)O[C@@H]2O[C@@H](COC(=O)c3ccccc3)[C@H](NC(=O)OCC3c4ccccc4-c4ccccc43)[C@@H]2O1. The molecule has 2 heterocycles. The Hall–Kier alpha value is -3.72. The maximum absolute atomic E-state index is 13.0. The molecule has 3 aromatic carbocycles. The van der Waals surface area contributed by atoms with Gasteiger partial charge < -0.3 is 29.0 Å². The van der Waals surface area contributed by atoms with Crippen LogP contribution in [0.15, 0.2) is 78.9 Å². The quantitative estimate of drug-likeness (QED) is 0.479. The summed E-state index contributed by atoms with van der Waals surface area (Å²) in [5.41, 5.74) is 5.00. The van der Waals surface area contributed by atoms with Gasteiger partial charge in [0.1, 0.15) is 25.4 Å². The topological polar surface area (TPSA) is 92.3 Å². The molecule has 1 amide bonds. The standard InChI is InChI=1S/C30H29NO7/c1-30(2)37-26-25(24(36-28(26)38-30)17-34-27(32)18-10-4-3-5-11-18)31-29(33)35-16-23-21-14-8-6-12-19(21)20-13-7-9-15-22(20)23/h3-15,23-26,28H,16-17H2,1-2H3,(H,31,33)/t24-,25-,26-,28-/m0/s1. The van der Waals surface area contributed by atoms with Gasteiger partial charge in [-0.05, 0) is 48.2 Å². The van der Waals surface area contributed by atoms with Crippen LogP contribution in [0.5, 0.6) is 0 Å². The van der Waals surface area contributed by atoms with Crippen molar-refractivity contribution in [3.63, 3.8) is 0 Å². The van der Waals surface area contributed by atoms with Crippen LogP contribution in [0.3, 0.4) is 0 Å². The van der Waals surface area contributed by atoms with E-state index in [0.29, 0.717) is 5.56 Å². The van der Waals surface area contributed by atoms with E-state index in [4.69, 9.17) is 23.7 Å². The van der Waals surface area contributed by atoms with Crippen molar-refractivity contribution in [2.75, 3.05) is 13.2 Å². The van der Waals surface area contributed by atoms with Gasteiger partial charge in [-0.2, -0.15) is 0 Å². The van der Waals surface area contributed by atoms with Crippen LogP contribution in [0.25, 0.3) is 11.1 Å². The van der Waals surface area contributed by atoms with Crippen molar-refractivity contribution in [1.29, 1.82) is 0 Å². The molecule has 0 unspecified atom stereocenters. The van der Waals surface area contributed by atoms with Crippen LogP contribution in [0.1, 0.15) is 41.3 Å². The summed E-state index contributed by atoms with van der Waals surface area (Å²) in [7, 11) is 0. The Bertz CT molecular complexity index is 1300. The van der Waals surface area contributed by atoms with E-state index in [1.807, 2.05) is 30.3 Å². The van der Waals surface area contributed by atoms with Gasteiger partial charge in [-0.3, -0.25) is 0 Å². The second-order valence-corrected chi connectivity index (χ2v) is 10.1. The number of rotatable bonds is 6. The Morgan fingerprint density at radius 3 is 2.13 bits per heavy atom. The van der Waals surface area contributed by atoms with E-state index >= 15 is 0 Å². The molecule has 8 heteroatoms. The summed E-state index contributed by atoms with van der Waals surface area (Å²) >= 11 is 0. The molecule has 0 bridgehead atoms. The Balaban J connectivity index is 1.13. The molecule has 3 aromatic rings. The van der Waals surface area contributed by atoms with Crippen LogP contribution in [-0.4, -0.2) is 55.6 Å². The molecule has 8 nitrogen and oxygen atoms in total. The molecule has 2 aliphatic heterocycles. The highest BCUT2D eigenvalue weighted by Gasteiger charge is 2.55. The summed E-state index contributed by atoms with van der Waals surface area (Å²) < 4.78 is 29.1. The highest BCUT2D eigenvalue weighted by molar-refractivity contribution is 5.89. The van der Waals surface area contributed by atoms with Gasteiger partial charge in [0.25, 0.3) is 0 Å². The number of esters is 1. The van der Waals surface area contributed by atoms with Gasteiger partial charge in [0.2, 0.25) is 0 Å². The normalized spacial score (nSPS) is 24.8. The van der Waals surface area contributed by atoms with E-state index in [2.05, 4.69) is 29.6 Å². The maximum Gasteiger partial charge on any atom is 0.407 e. The zero-order valence-corrected chi connectivity index (χ0v) is 21.2. The summed E-state index contributed by atoms with van der Waals surface area (Å²) in [5.74, 6) is -1.41. The van der Waals surface area contributed by atoms with Gasteiger partial charge in [-0.15, -0.1) is 0 Å². The largest absolute Gasteiger partial charge is 0.459 e. The first kappa shape index (κ1) is 24.6. The number of carbonyl (C=O) groups is 2. The molecule has 4 atom stereocenters. The molecule has 2 fully saturated rings. The van der Waals surface area contributed by atoms with Gasteiger partial charge in [-0.1, -0.05) is 66.7 Å². The van der Waals surface area contributed by atoms with Gasteiger partial charge in [-0.25, -0.2) is 9.59 Å². The Morgan fingerprint density at radius 1 is 0.816 bits per heavy atom. The second-order valence-electron chi connectivity index (χ2n) is 10.1. The minimum Gasteiger partial charge on any atom is -0.459 e. The maximum atomic E-state index is 13.0. The highest BCUT2D eigenvalue weighted by atomic mass is 16.8. The number of nitrogens with one attached hydrogen (secondary N) is 1. The van der Waals surface area contributed by atoms with Crippen molar-refractivity contribution in [1.82, 2.24) is 5.32 Å². The Labute approximate surface area is 220 Å². The zero-order chi connectivity index (χ0) is 26.3. The average Bonchev–Trinajstić information content (AvgIpc) is 3.52. The van der Waals surface area contributed by atoms with Crippen LogP contribution in [0.2, 0.25) is 0 Å². The Kier molecular flexibility index (Phi) is 6.39. The van der Waals surface area contributed by atoms with Crippen molar-refractivity contribution in [2.24, 2.45) is 0 Å². The fraction of sp³-hybridized carbons (Fsp3) is 0.333. The number of ether oxygens (including phenoxy) is 5. The predicted octanol–water partition coefficient (Wildman–Crippen LogP) is 4.63. The summed E-state index contributed by atoms with van der Waals surface area (Å²) in [6.07, 6.45) is -2.56. The lowest BCUT2D eigenvalue weighted by atomic mass is 9.98. The fourth-order valence-corrected chi connectivity index (χ4v) is 5.48. The molecule has 6 rings (SSSR count). The molecule has 0 aromatic heterocycles. The van der Waals surface area contributed by atoms with Crippen molar-refractivity contribution >= 4 is 12.1 Å². The number of hydrogen-bond acceptors (Lipinski definition) is 7. The smallest absolute Gasteiger partial charge is 0.407 e. The number of fused-ring (bicyclic) bond motifs is 4. The zero-order valence-electron chi connectivity index (χ0n) is 21.2. The van der Waals surface area contributed by atoms with Gasteiger partial charge >= 0.3 is 12.1 Å². The summed E-state index contributed by atoms with van der Waals surface area (Å²) in [6, 6.07) is 24.4. The molecule has 3 aliphatic rings. The van der Waals surface area contributed by atoms with Crippen LogP contribution >= 0.6 is 0 Å². The van der Waals surface area contributed by atoms with Crippen LogP contribution in [0.4, 0.5) is 4.79 Å². The minimum absolute atomic E-state index is 0.0617. The number of hydrogen-bond donors (Lipinski definition) is 1. The summed E-state index contributed by atoms with van der Waals surface area (Å²) in [5, 5.41) is 2.89. The van der Waals surface area contributed by atoms with E-state index in [0.717, 1.165) is 22.3 Å². The third kappa shape index (κ3) is 4.67. The van der Waals surface area contributed by atoms with E-state index in [1.165, 1.54) is 0 Å². The summed E-state index contributed by atoms with van der Waals surface area (Å²) in [6.45, 7) is 3.66. The minimum atomic E-state index is -0.873. The van der Waals surface area contributed by atoms with Crippen LogP contribution in [-0.2, 0) is 23.7 Å². The fourth-order valence-electron chi connectivity index (χ4n) is 5.48. The lowest BCUT2D eigenvalue weighted by Gasteiger charge is -2.26. The van der Waals surface area contributed by atoms with E-state index in [9.17, 15) is 9.59 Å². The van der Waals surface area contributed by atoms with Crippen molar-refractivity contribution in [2.45, 2.75) is 50.1 Å². The molecule has 0 saturated carbocycles. The third-order valence-corrected chi connectivity index (χ3v) is 7.17. The van der Waals surface area contributed by atoms with Crippen molar-refractivity contribution in [3.8, 4) is 11.1 Å². The van der Waals surface area contributed by atoms with E-state index in [-0.39, 0.29) is 19.1 Å². The molecule has 1 N–H and O–H groups in total. The predicted molar refractivity (Wildman–Crippen MR) is 137 cm³/mol. The summed E-state index contributed by atoms with van der Waals surface area (Å²) in [4.78, 5) is 25.5. The third-order valence-electron chi connectivity index (χ3n) is 7.17. The number of benzene rings is 3. The van der Waals surface area contributed by atoms with Gasteiger partial charge in [0, 0.05) is 5.92 Å². The Morgan fingerprint density at radius 2 is 1.45 bits per heavy atom. The first-order valence-corrected chi connectivity index (χ1v) is 12.7. The number of carbonyl (C=O) groups excluding carboxylic acids is 2. The molecule has 0 spiro atoms. The molecular formula is C30H29NO7. The molecular weight excluding hydrogens is 486 g/mol. The van der Waals surface area contributed by atoms with Crippen LogP contribution in [0, 0.1) is 0 Å². The monoisotopic (exact) mass is 515 g/mol. The van der Waals surface area contributed by atoms with E-state index in [1.54, 1.807) is 38.1 Å². The number of alkyl carbamates (subject to hydrolysis) is 1. The second kappa shape index (κ2) is 9.87. The average molecular weight is 516 g/mol. The van der Waals surface area contributed by atoms with Gasteiger partial charge in [0.05, 0.1) is 11.6 Å². The van der Waals surface area contributed by atoms with Crippen LogP contribution < -0.4 is 5.32 Å². The number of amides is 1. The first-order valence-electron chi connectivity index (χ1n) is 12.7. The van der Waals surface area contributed by atoms with Gasteiger partial charge in [0.15, 0.2) is 12.1 Å². The van der Waals surface area contributed by atoms with E-state index < -0.39 is 42.4 Å². The molecule has 196 valence electrons. The molecule has 0 radical (unpaired) electrons. The van der Waals surface area contributed by atoms with Crippen molar-refractivity contribution < 1.29 is 33.3 Å². The first-order chi connectivity index (χ1) is 18.4. The highest BCUT2D eigenvalue weighted by Crippen LogP contribution is 2.44. The lowest BCUT2D eigenvalue weighted by Crippen LogP contribution is -2.50. The molecule has 1 aliphatic carbocycles. The lowest BCUT2D eigenvalue weighted by molar-refractivity contribution is -0.210. The molecule has 2 saturated heterocycles. The van der Waals surface area contributed by atoms with Crippen molar-refractivity contribution in [3.05, 3.63) is 95.6 Å². The molecule has 38 heavy (non-hydrogen) atoms.